The number of carbonyl (C=O) groups is 1. The van der Waals surface area contributed by atoms with Gasteiger partial charge < -0.3 is 10.1 Å². The lowest BCUT2D eigenvalue weighted by Crippen LogP contribution is -2.26. The van der Waals surface area contributed by atoms with Gasteiger partial charge in [-0.3, -0.25) is 9.20 Å². The molecular formula is C18H20N4O2. The first-order valence-corrected chi connectivity index (χ1v) is 7.97. The summed E-state index contributed by atoms with van der Waals surface area (Å²) in [6.07, 6.45) is 2.65. The molecule has 0 aliphatic carbocycles. The van der Waals surface area contributed by atoms with Crippen LogP contribution < -0.4 is 10.1 Å². The van der Waals surface area contributed by atoms with Crippen molar-refractivity contribution in [3.05, 3.63) is 60.0 Å². The lowest BCUT2D eigenvalue weighted by atomic mass is 10.2. The molecule has 1 amide bonds. The van der Waals surface area contributed by atoms with Crippen LogP contribution in [0.2, 0.25) is 0 Å². The molecular weight excluding hydrogens is 304 g/mol. The number of nitrogens with zero attached hydrogens (tertiary/aromatic N) is 3. The lowest BCUT2D eigenvalue weighted by molar-refractivity contribution is 0.0954. The van der Waals surface area contributed by atoms with Crippen molar-refractivity contribution in [2.75, 3.05) is 6.54 Å². The lowest BCUT2D eigenvalue weighted by Gasteiger charge is -2.10. The second-order valence-corrected chi connectivity index (χ2v) is 5.74. The van der Waals surface area contributed by atoms with Gasteiger partial charge in [-0.05, 0) is 50.2 Å². The van der Waals surface area contributed by atoms with Gasteiger partial charge in [0.25, 0.3) is 5.91 Å². The monoisotopic (exact) mass is 324 g/mol. The third-order valence-electron chi connectivity index (χ3n) is 3.51. The Morgan fingerprint density at radius 3 is 2.71 bits per heavy atom. The highest BCUT2D eigenvalue weighted by Gasteiger charge is 2.08. The van der Waals surface area contributed by atoms with E-state index in [0.717, 1.165) is 17.2 Å². The molecule has 1 aromatic carbocycles. The highest BCUT2D eigenvalue weighted by atomic mass is 16.5. The van der Waals surface area contributed by atoms with E-state index in [4.69, 9.17) is 4.74 Å². The van der Waals surface area contributed by atoms with Crippen molar-refractivity contribution in [2.45, 2.75) is 26.4 Å². The highest BCUT2D eigenvalue weighted by molar-refractivity contribution is 5.94. The summed E-state index contributed by atoms with van der Waals surface area (Å²) in [6, 6.07) is 12.9. The van der Waals surface area contributed by atoms with Gasteiger partial charge in [0.15, 0.2) is 5.65 Å². The van der Waals surface area contributed by atoms with Gasteiger partial charge in [-0.25, -0.2) is 0 Å². The van der Waals surface area contributed by atoms with Crippen LogP contribution in [0.25, 0.3) is 5.65 Å². The molecule has 1 N–H and O–H groups in total. The van der Waals surface area contributed by atoms with Crippen molar-refractivity contribution < 1.29 is 9.53 Å². The number of carbonyl (C=O) groups excluding carboxylic acids is 1. The minimum absolute atomic E-state index is 0.111. The van der Waals surface area contributed by atoms with E-state index in [2.05, 4.69) is 15.5 Å². The van der Waals surface area contributed by atoms with E-state index in [1.807, 2.05) is 42.6 Å². The first kappa shape index (κ1) is 16.0. The second-order valence-electron chi connectivity index (χ2n) is 5.74. The first-order chi connectivity index (χ1) is 11.6. The van der Waals surface area contributed by atoms with Crippen LogP contribution in [0.15, 0.2) is 48.7 Å². The van der Waals surface area contributed by atoms with Crippen LogP contribution in [0.3, 0.4) is 0 Å². The standard InChI is InChI=1S/C18H20N4O2/c1-13(2)24-15-8-6-14(7-9-15)18(23)19-11-10-17-21-20-16-5-3-4-12-22(16)17/h3-9,12-13H,10-11H2,1-2H3,(H,19,23). The summed E-state index contributed by atoms with van der Waals surface area (Å²) in [5, 5.41) is 11.1. The fourth-order valence-corrected chi connectivity index (χ4v) is 2.41. The minimum Gasteiger partial charge on any atom is -0.491 e. The van der Waals surface area contributed by atoms with Crippen molar-refractivity contribution >= 4 is 11.6 Å². The number of rotatable bonds is 6. The average molecular weight is 324 g/mol. The van der Waals surface area contributed by atoms with Gasteiger partial charge in [0.05, 0.1) is 6.10 Å². The maximum Gasteiger partial charge on any atom is 0.251 e. The molecule has 0 aliphatic heterocycles. The molecule has 0 fully saturated rings. The zero-order valence-electron chi connectivity index (χ0n) is 13.8. The maximum absolute atomic E-state index is 12.2. The van der Waals surface area contributed by atoms with Crippen LogP contribution in [-0.2, 0) is 6.42 Å². The zero-order valence-corrected chi connectivity index (χ0v) is 13.8. The Morgan fingerprint density at radius 2 is 1.96 bits per heavy atom. The quantitative estimate of drug-likeness (QED) is 0.756. The van der Waals surface area contributed by atoms with E-state index in [-0.39, 0.29) is 12.0 Å². The van der Waals surface area contributed by atoms with Crippen LogP contribution in [-0.4, -0.2) is 33.2 Å². The summed E-state index contributed by atoms with van der Waals surface area (Å²) >= 11 is 0. The number of ether oxygens (including phenoxy) is 1. The van der Waals surface area contributed by atoms with Crippen LogP contribution in [0.4, 0.5) is 0 Å². The number of fused-ring (bicyclic) bond motifs is 1. The number of nitrogens with one attached hydrogen (secondary N) is 1. The molecule has 0 bridgehead atoms. The third kappa shape index (κ3) is 3.71. The van der Waals surface area contributed by atoms with Crippen LogP contribution in [0.5, 0.6) is 5.75 Å². The number of hydrogen-bond donors (Lipinski definition) is 1. The second kappa shape index (κ2) is 7.12. The summed E-state index contributed by atoms with van der Waals surface area (Å²) in [5.41, 5.74) is 1.41. The van der Waals surface area contributed by atoms with Gasteiger partial charge in [0, 0.05) is 24.7 Å². The number of benzene rings is 1. The summed E-state index contributed by atoms with van der Waals surface area (Å²) in [6.45, 7) is 4.43. The molecule has 6 heteroatoms. The number of pyridine rings is 1. The Balaban J connectivity index is 1.55. The molecule has 0 spiro atoms. The van der Waals surface area contributed by atoms with Gasteiger partial charge in [0.1, 0.15) is 11.6 Å². The van der Waals surface area contributed by atoms with Gasteiger partial charge in [-0.2, -0.15) is 0 Å². The minimum atomic E-state index is -0.111. The largest absolute Gasteiger partial charge is 0.491 e. The summed E-state index contributed by atoms with van der Waals surface area (Å²) < 4.78 is 7.49. The normalized spacial score (nSPS) is 11.0. The van der Waals surface area contributed by atoms with Crippen LogP contribution in [0.1, 0.15) is 30.0 Å². The van der Waals surface area contributed by atoms with Gasteiger partial charge >= 0.3 is 0 Å². The molecule has 0 saturated carbocycles. The third-order valence-corrected chi connectivity index (χ3v) is 3.51. The van der Waals surface area contributed by atoms with E-state index < -0.39 is 0 Å². The Kier molecular flexibility index (Phi) is 4.74. The van der Waals surface area contributed by atoms with E-state index in [0.29, 0.717) is 18.5 Å². The van der Waals surface area contributed by atoms with Crippen molar-refractivity contribution in [1.82, 2.24) is 19.9 Å². The predicted octanol–water partition coefficient (Wildman–Crippen LogP) is 2.49. The predicted molar refractivity (Wildman–Crippen MR) is 91.2 cm³/mol. The maximum atomic E-state index is 12.2. The van der Waals surface area contributed by atoms with Crippen molar-refractivity contribution in [2.24, 2.45) is 0 Å². The number of aromatic nitrogens is 3. The van der Waals surface area contributed by atoms with E-state index in [1.54, 1.807) is 24.3 Å². The van der Waals surface area contributed by atoms with E-state index in [9.17, 15) is 4.79 Å². The fourth-order valence-electron chi connectivity index (χ4n) is 2.41. The Labute approximate surface area is 140 Å². The van der Waals surface area contributed by atoms with Crippen LogP contribution >= 0.6 is 0 Å². The van der Waals surface area contributed by atoms with Crippen molar-refractivity contribution in [1.29, 1.82) is 0 Å². The van der Waals surface area contributed by atoms with E-state index in [1.165, 1.54) is 0 Å². The molecule has 0 atom stereocenters. The Hall–Kier alpha value is -2.89. The summed E-state index contributed by atoms with van der Waals surface area (Å²) in [4.78, 5) is 12.2. The number of hydrogen-bond acceptors (Lipinski definition) is 4. The smallest absolute Gasteiger partial charge is 0.251 e. The van der Waals surface area contributed by atoms with E-state index >= 15 is 0 Å². The highest BCUT2D eigenvalue weighted by Crippen LogP contribution is 2.13. The topological polar surface area (TPSA) is 68.5 Å². The molecule has 0 unspecified atom stereocenters. The molecule has 3 rings (SSSR count). The molecule has 6 nitrogen and oxygen atoms in total. The van der Waals surface area contributed by atoms with Crippen molar-refractivity contribution in [3.8, 4) is 5.75 Å². The molecule has 3 aromatic rings. The number of amides is 1. The molecule has 0 radical (unpaired) electrons. The molecule has 2 heterocycles. The van der Waals surface area contributed by atoms with Crippen LogP contribution in [0, 0.1) is 0 Å². The van der Waals surface area contributed by atoms with Gasteiger partial charge in [0.2, 0.25) is 0 Å². The first-order valence-electron chi connectivity index (χ1n) is 7.97. The van der Waals surface area contributed by atoms with Gasteiger partial charge in [-0.15, -0.1) is 10.2 Å². The average Bonchev–Trinajstić information content (AvgIpc) is 2.98. The molecule has 2 aromatic heterocycles. The molecule has 0 aliphatic rings. The molecule has 0 saturated heterocycles. The van der Waals surface area contributed by atoms with Crippen molar-refractivity contribution in [3.63, 3.8) is 0 Å². The molecule has 124 valence electrons. The summed E-state index contributed by atoms with van der Waals surface area (Å²) in [5.74, 6) is 1.47. The fraction of sp³-hybridized carbons (Fsp3) is 0.278. The molecule has 24 heavy (non-hydrogen) atoms. The Bertz CT molecular complexity index is 824. The summed E-state index contributed by atoms with van der Waals surface area (Å²) in [7, 11) is 0. The zero-order chi connectivity index (χ0) is 16.9. The Morgan fingerprint density at radius 1 is 1.17 bits per heavy atom. The SMILES string of the molecule is CC(C)Oc1ccc(C(=O)NCCc2nnc3ccccn23)cc1. The van der Waals surface area contributed by atoms with Gasteiger partial charge in [-0.1, -0.05) is 6.07 Å².